The van der Waals surface area contributed by atoms with Crippen LogP contribution in [-0.4, -0.2) is 0 Å². The van der Waals surface area contributed by atoms with Gasteiger partial charge in [-0.2, -0.15) is 0 Å². The van der Waals surface area contributed by atoms with E-state index in [0.717, 1.165) is 12.0 Å². The summed E-state index contributed by atoms with van der Waals surface area (Å²) in [5.41, 5.74) is 2.21. The Labute approximate surface area is 77.7 Å². The van der Waals surface area contributed by atoms with Crippen molar-refractivity contribution in [2.45, 2.75) is 19.3 Å². The predicted octanol–water partition coefficient (Wildman–Crippen LogP) is 2.40. The molecule has 1 aromatic carbocycles. The van der Waals surface area contributed by atoms with Crippen molar-refractivity contribution < 1.29 is 0 Å². The molecule has 1 aliphatic rings. The smallest absolute Gasteiger partial charge is 0.181 e. The fourth-order valence-corrected chi connectivity index (χ4v) is 1.50. The second-order valence-electron chi connectivity index (χ2n) is 3.49. The summed E-state index contributed by atoms with van der Waals surface area (Å²) in [7, 11) is 0. The summed E-state index contributed by atoms with van der Waals surface area (Å²) < 4.78 is 0. The lowest BCUT2D eigenvalue weighted by molar-refractivity contribution is 0.794. The normalized spacial score (nSPS) is 19.6. The maximum atomic E-state index is 11.3. The molecular formula is C12H12O. The maximum Gasteiger partial charge on any atom is 0.181 e. The van der Waals surface area contributed by atoms with Gasteiger partial charge in [0, 0.05) is 5.92 Å². The third-order valence-electron chi connectivity index (χ3n) is 2.49. The Morgan fingerprint density at radius 1 is 1.38 bits per heavy atom. The lowest BCUT2D eigenvalue weighted by atomic mass is 9.88. The molecule has 13 heavy (non-hydrogen) atoms. The molecule has 1 atom stereocenters. The van der Waals surface area contributed by atoms with Crippen LogP contribution in [0, 0.1) is 6.92 Å². The predicted molar refractivity (Wildman–Crippen MR) is 53.9 cm³/mol. The van der Waals surface area contributed by atoms with Crippen molar-refractivity contribution in [3.63, 3.8) is 0 Å². The summed E-state index contributed by atoms with van der Waals surface area (Å²) in [6.45, 7) is 1.87. The summed E-state index contributed by atoms with van der Waals surface area (Å²) in [4.78, 5) is 11.3. The average Bonchev–Trinajstić information content (AvgIpc) is 2.12. The van der Waals surface area contributed by atoms with E-state index in [0.29, 0.717) is 5.92 Å². The van der Waals surface area contributed by atoms with Gasteiger partial charge in [-0.25, -0.2) is 0 Å². The first-order chi connectivity index (χ1) is 6.27. The fraction of sp³-hybridized carbons (Fsp3) is 0.250. The summed E-state index contributed by atoms with van der Waals surface area (Å²) in [6.07, 6.45) is 5.45. The molecule has 0 spiro atoms. The SMILES string of the molecule is Cc1cc(C2C=CC2)cccc1=O. The number of hydrogen-bond acceptors (Lipinski definition) is 1. The Bertz CT molecular complexity index is 404. The van der Waals surface area contributed by atoms with Crippen LogP contribution in [-0.2, 0) is 0 Å². The van der Waals surface area contributed by atoms with Gasteiger partial charge in [0.25, 0.3) is 0 Å². The van der Waals surface area contributed by atoms with Crippen molar-refractivity contribution in [1.82, 2.24) is 0 Å². The van der Waals surface area contributed by atoms with Gasteiger partial charge in [-0.1, -0.05) is 30.4 Å². The van der Waals surface area contributed by atoms with Crippen molar-refractivity contribution in [2.75, 3.05) is 0 Å². The van der Waals surface area contributed by atoms with E-state index in [9.17, 15) is 4.79 Å². The van der Waals surface area contributed by atoms with Crippen LogP contribution >= 0.6 is 0 Å². The summed E-state index contributed by atoms with van der Waals surface area (Å²) >= 11 is 0. The van der Waals surface area contributed by atoms with Gasteiger partial charge in [0.2, 0.25) is 0 Å². The standard InChI is InChI=1S/C12H12O/c1-9-8-11(10-4-2-5-10)6-3-7-12(9)13/h2-4,6-8,10H,5H2,1H3. The zero-order valence-corrected chi connectivity index (χ0v) is 7.66. The van der Waals surface area contributed by atoms with E-state index in [1.54, 1.807) is 6.07 Å². The van der Waals surface area contributed by atoms with Gasteiger partial charge in [-0.15, -0.1) is 0 Å². The lowest BCUT2D eigenvalue weighted by Gasteiger charge is -2.16. The number of aryl methyl sites for hydroxylation is 1. The van der Waals surface area contributed by atoms with E-state index < -0.39 is 0 Å². The van der Waals surface area contributed by atoms with Gasteiger partial charge in [0.1, 0.15) is 0 Å². The van der Waals surface area contributed by atoms with Crippen LogP contribution in [0.25, 0.3) is 0 Å². The van der Waals surface area contributed by atoms with Crippen molar-refractivity contribution >= 4 is 0 Å². The molecule has 0 radical (unpaired) electrons. The molecule has 1 unspecified atom stereocenters. The van der Waals surface area contributed by atoms with Crippen molar-refractivity contribution in [1.29, 1.82) is 0 Å². The fourth-order valence-electron chi connectivity index (χ4n) is 1.50. The van der Waals surface area contributed by atoms with E-state index in [-0.39, 0.29) is 5.43 Å². The van der Waals surface area contributed by atoms with E-state index in [4.69, 9.17) is 0 Å². The average molecular weight is 172 g/mol. The molecule has 1 aliphatic carbocycles. The van der Waals surface area contributed by atoms with Gasteiger partial charge in [0.15, 0.2) is 5.43 Å². The molecule has 1 nitrogen and oxygen atoms in total. The third kappa shape index (κ3) is 1.55. The van der Waals surface area contributed by atoms with Crippen molar-refractivity contribution in [3.8, 4) is 0 Å². The first-order valence-corrected chi connectivity index (χ1v) is 4.55. The Hall–Kier alpha value is -1.37. The minimum absolute atomic E-state index is 0.120. The minimum atomic E-state index is 0.120. The topological polar surface area (TPSA) is 17.1 Å². The zero-order chi connectivity index (χ0) is 9.26. The highest BCUT2D eigenvalue weighted by atomic mass is 16.1. The molecule has 0 saturated heterocycles. The van der Waals surface area contributed by atoms with E-state index in [1.165, 1.54) is 5.56 Å². The van der Waals surface area contributed by atoms with Gasteiger partial charge in [0.05, 0.1) is 0 Å². The number of rotatable bonds is 1. The van der Waals surface area contributed by atoms with E-state index in [1.807, 2.05) is 25.1 Å². The van der Waals surface area contributed by atoms with Crippen molar-refractivity contribution in [3.05, 3.63) is 57.8 Å². The molecule has 1 heteroatoms. The Balaban J connectivity index is 2.49. The number of allylic oxidation sites excluding steroid dienone is 2. The van der Waals surface area contributed by atoms with Crippen LogP contribution in [0.5, 0.6) is 0 Å². The molecule has 0 fully saturated rings. The van der Waals surface area contributed by atoms with Crippen LogP contribution in [0.4, 0.5) is 0 Å². The van der Waals surface area contributed by atoms with Crippen LogP contribution in [0.15, 0.2) is 41.2 Å². The first kappa shape index (κ1) is 8.24. The van der Waals surface area contributed by atoms with Crippen LogP contribution < -0.4 is 5.43 Å². The van der Waals surface area contributed by atoms with Gasteiger partial charge in [-0.3, -0.25) is 4.79 Å². The molecule has 1 aromatic rings. The Morgan fingerprint density at radius 3 is 2.77 bits per heavy atom. The zero-order valence-electron chi connectivity index (χ0n) is 7.66. The van der Waals surface area contributed by atoms with Gasteiger partial charge < -0.3 is 0 Å². The van der Waals surface area contributed by atoms with Crippen LogP contribution in [0.3, 0.4) is 0 Å². The van der Waals surface area contributed by atoms with E-state index >= 15 is 0 Å². The molecular weight excluding hydrogens is 160 g/mol. The summed E-state index contributed by atoms with van der Waals surface area (Å²) in [5.74, 6) is 0.533. The third-order valence-corrected chi connectivity index (χ3v) is 2.49. The Kier molecular flexibility index (Phi) is 2.01. The van der Waals surface area contributed by atoms with Crippen molar-refractivity contribution in [2.24, 2.45) is 0 Å². The highest BCUT2D eigenvalue weighted by molar-refractivity contribution is 5.31. The summed E-state index contributed by atoms with van der Waals surface area (Å²) in [5, 5.41) is 0. The second-order valence-corrected chi connectivity index (χ2v) is 3.49. The molecule has 0 aliphatic heterocycles. The minimum Gasteiger partial charge on any atom is -0.290 e. The largest absolute Gasteiger partial charge is 0.290 e. The highest BCUT2D eigenvalue weighted by Gasteiger charge is 2.11. The second kappa shape index (κ2) is 3.17. The monoisotopic (exact) mass is 172 g/mol. The first-order valence-electron chi connectivity index (χ1n) is 4.55. The lowest BCUT2D eigenvalue weighted by Crippen LogP contribution is -2.01. The molecule has 0 heterocycles. The maximum absolute atomic E-state index is 11.3. The molecule has 0 bridgehead atoms. The Morgan fingerprint density at radius 2 is 2.15 bits per heavy atom. The van der Waals surface area contributed by atoms with E-state index in [2.05, 4.69) is 12.2 Å². The number of hydrogen-bond donors (Lipinski definition) is 0. The quantitative estimate of drug-likeness (QED) is 0.594. The summed E-state index contributed by atoms with van der Waals surface area (Å²) in [6, 6.07) is 7.50. The molecule has 66 valence electrons. The molecule has 0 aromatic heterocycles. The van der Waals surface area contributed by atoms with Gasteiger partial charge >= 0.3 is 0 Å². The molecule has 0 amide bonds. The van der Waals surface area contributed by atoms with Gasteiger partial charge in [-0.05, 0) is 30.5 Å². The highest BCUT2D eigenvalue weighted by Crippen LogP contribution is 2.28. The molecule has 0 saturated carbocycles. The molecule has 0 N–H and O–H groups in total. The van der Waals surface area contributed by atoms with Crippen LogP contribution in [0.1, 0.15) is 23.5 Å². The molecule has 2 rings (SSSR count). The van der Waals surface area contributed by atoms with Crippen LogP contribution in [0.2, 0.25) is 0 Å².